The molecule has 18 aromatic rings. The number of aromatic nitrogens is 2. The van der Waals surface area contributed by atoms with Crippen LogP contribution in [0.25, 0.3) is 168 Å². The summed E-state index contributed by atoms with van der Waals surface area (Å²) in [6.07, 6.45) is 9.11. The van der Waals surface area contributed by atoms with Crippen LogP contribution in [0.1, 0.15) is 59.6 Å². The normalized spacial score (nSPS) is 15.4. The number of furan rings is 2. The van der Waals surface area contributed by atoms with Crippen molar-refractivity contribution in [3.05, 3.63) is 295 Å². The van der Waals surface area contributed by atoms with Crippen LogP contribution in [0.15, 0.2) is 276 Å². The Hall–Kier alpha value is -10.8. The van der Waals surface area contributed by atoms with Crippen LogP contribution in [-0.4, -0.2) is 9.13 Å². The van der Waals surface area contributed by atoms with Gasteiger partial charge in [0, 0.05) is 129 Å². The van der Waals surface area contributed by atoms with E-state index in [1.807, 2.05) is 22.7 Å². The van der Waals surface area contributed by atoms with Crippen LogP contribution in [-0.2, 0) is 0 Å². The number of fused-ring (bicyclic) bond motifs is 18. The topological polar surface area (TPSA) is 36.1 Å². The molecule has 0 amide bonds. The average Bonchev–Trinajstić information content (AvgIpc) is 1.93. The molecule has 2 atom stereocenters. The van der Waals surface area contributed by atoms with E-state index in [2.05, 4.69) is 289 Å². The molecule has 0 spiro atoms. The van der Waals surface area contributed by atoms with Gasteiger partial charge in [-0.1, -0.05) is 201 Å². The minimum absolute atomic E-state index is 0.0153. The highest BCUT2D eigenvalue weighted by Crippen LogP contribution is 2.51. The van der Waals surface area contributed by atoms with Gasteiger partial charge in [0.25, 0.3) is 0 Å². The quantitative estimate of drug-likeness (QED) is 0.159. The second kappa shape index (κ2) is 19.6. The molecule has 12 aromatic carbocycles. The molecular formula is C85H54N2O2S2. The summed E-state index contributed by atoms with van der Waals surface area (Å²) in [5.41, 5.74) is 21.9. The van der Waals surface area contributed by atoms with E-state index in [-0.39, 0.29) is 11.8 Å². The summed E-state index contributed by atoms with van der Waals surface area (Å²) < 4.78 is 24.4. The zero-order valence-corrected chi connectivity index (χ0v) is 51.2. The SMILES string of the molecule is CC1CC(c2cc(C3=CC(n4c5ccccc5c5ccccc54)=CC(c4ccc5oc6c(-c7cccc8c7sc7ccccc78)cccc6c5c4)C3)cc(-n3c4ccccc4c4ccccc43)c2)=Cc2c1oc1c(-c3cccc4c3sc3ccccc34)cccc21. The van der Waals surface area contributed by atoms with Crippen LogP contribution in [0.4, 0.5) is 0 Å². The molecule has 20 rings (SSSR count). The van der Waals surface area contributed by atoms with Gasteiger partial charge >= 0.3 is 0 Å². The van der Waals surface area contributed by atoms with Gasteiger partial charge in [-0.3, -0.25) is 0 Å². The van der Waals surface area contributed by atoms with Gasteiger partial charge in [0.15, 0.2) is 0 Å². The average molecular weight is 1200 g/mol. The molecule has 6 heteroatoms. The molecule has 91 heavy (non-hydrogen) atoms. The third-order valence-corrected chi connectivity index (χ3v) is 22.3. The lowest BCUT2D eigenvalue weighted by molar-refractivity contribution is 0.507. The van der Waals surface area contributed by atoms with Gasteiger partial charge in [-0.05, 0) is 120 Å². The summed E-state index contributed by atoms with van der Waals surface area (Å²) in [5.74, 6) is 1.20. The van der Waals surface area contributed by atoms with Crippen molar-refractivity contribution >= 4 is 162 Å². The third kappa shape index (κ3) is 7.67. The Morgan fingerprint density at radius 1 is 0.374 bits per heavy atom. The van der Waals surface area contributed by atoms with E-state index in [9.17, 15) is 0 Å². The van der Waals surface area contributed by atoms with Crippen molar-refractivity contribution in [2.45, 2.75) is 31.6 Å². The molecule has 428 valence electrons. The molecule has 2 aliphatic carbocycles. The fraction of sp³-hybridized carbons (Fsp3) is 0.0588. The minimum Gasteiger partial charge on any atom is -0.459 e. The van der Waals surface area contributed by atoms with E-state index in [0.717, 1.165) is 74.0 Å². The lowest BCUT2D eigenvalue weighted by Crippen LogP contribution is -2.08. The molecule has 0 aliphatic heterocycles. The largest absolute Gasteiger partial charge is 0.459 e. The van der Waals surface area contributed by atoms with Crippen LogP contribution in [0.3, 0.4) is 0 Å². The van der Waals surface area contributed by atoms with E-state index in [0.29, 0.717) is 0 Å². The summed E-state index contributed by atoms with van der Waals surface area (Å²) >= 11 is 3.73. The molecule has 2 unspecified atom stereocenters. The van der Waals surface area contributed by atoms with E-state index < -0.39 is 0 Å². The summed E-state index contributed by atoms with van der Waals surface area (Å²) in [5, 5.41) is 13.6. The highest BCUT2D eigenvalue weighted by molar-refractivity contribution is 7.26. The van der Waals surface area contributed by atoms with Crippen molar-refractivity contribution in [3.63, 3.8) is 0 Å². The molecule has 0 N–H and O–H groups in total. The zero-order valence-electron chi connectivity index (χ0n) is 49.6. The Morgan fingerprint density at radius 3 is 1.43 bits per heavy atom. The number of para-hydroxylation sites is 6. The van der Waals surface area contributed by atoms with Gasteiger partial charge in [0.05, 0.1) is 22.1 Å². The van der Waals surface area contributed by atoms with Gasteiger partial charge in [-0.25, -0.2) is 0 Å². The predicted octanol–water partition coefficient (Wildman–Crippen LogP) is 24.8. The van der Waals surface area contributed by atoms with Gasteiger partial charge in [0.2, 0.25) is 0 Å². The molecule has 4 nitrogen and oxygen atoms in total. The third-order valence-electron chi connectivity index (χ3n) is 19.9. The molecule has 6 aromatic heterocycles. The van der Waals surface area contributed by atoms with E-state index in [1.165, 1.54) is 128 Å². The zero-order chi connectivity index (χ0) is 59.6. The number of nitrogens with zero attached hydrogens (tertiary/aromatic N) is 2. The van der Waals surface area contributed by atoms with Crippen LogP contribution in [0.5, 0.6) is 0 Å². The smallest absolute Gasteiger partial charge is 0.143 e. The lowest BCUT2D eigenvalue weighted by Gasteiger charge is -2.26. The van der Waals surface area contributed by atoms with Crippen molar-refractivity contribution in [2.75, 3.05) is 0 Å². The standard InChI is InChI=1S/C85H54N2O2S2/c1-49-40-51(48-73-67-27-15-25-65(83(67)89-81(49)73)71-31-17-29-69-63-23-7-13-37-80(63)91-85(69)71)53-42-55(46-57(44-53)87-76-34-10-4-20-60(76)61-21-5-11-35-77(61)87)54-41-52(43-56(45-54)86-74-32-8-2-18-58(74)59-19-3-9-33-75(59)86)50-38-39-78-72(47-50)66-26-14-24-64(82(66)88-78)70-30-16-28-68-62-22-6-12-36-79(62)90-84(68)70/h2-39,42-49,52H,40-41H2,1H3. The van der Waals surface area contributed by atoms with Gasteiger partial charge < -0.3 is 18.0 Å². The predicted molar refractivity (Wildman–Crippen MR) is 387 cm³/mol. The Labute approximate surface area is 531 Å². The van der Waals surface area contributed by atoms with Gasteiger partial charge in [-0.15, -0.1) is 22.7 Å². The molecule has 0 radical (unpaired) electrons. The summed E-state index contributed by atoms with van der Waals surface area (Å²) in [4.78, 5) is 0. The van der Waals surface area contributed by atoms with Crippen molar-refractivity contribution in [1.29, 1.82) is 0 Å². The maximum atomic E-state index is 7.19. The number of hydrogen-bond donors (Lipinski definition) is 0. The van der Waals surface area contributed by atoms with Gasteiger partial charge in [0.1, 0.15) is 22.5 Å². The number of thiophene rings is 2. The van der Waals surface area contributed by atoms with Crippen molar-refractivity contribution in [2.24, 2.45) is 0 Å². The maximum Gasteiger partial charge on any atom is 0.143 e. The van der Waals surface area contributed by atoms with Gasteiger partial charge in [-0.2, -0.15) is 0 Å². The van der Waals surface area contributed by atoms with Crippen LogP contribution < -0.4 is 0 Å². The molecule has 0 fully saturated rings. The molecule has 2 aliphatic rings. The van der Waals surface area contributed by atoms with E-state index >= 15 is 0 Å². The molecular weight excluding hydrogens is 1150 g/mol. The molecule has 0 bridgehead atoms. The number of allylic oxidation sites excluding steroid dienone is 5. The lowest BCUT2D eigenvalue weighted by atomic mass is 9.81. The first-order valence-corrected chi connectivity index (χ1v) is 33.2. The Morgan fingerprint density at radius 2 is 0.846 bits per heavy atom. The fourth-order valence-electron chi connectivity index (χ4n) is 15.8. The first kappa shape index (κ1) is 51.2. The van der Waals surface area contributed by atoms with E-state index in [4.69, 9.17) is 8.83 Å². The summed E-state index contributed by atoms with van der Waals surface area (Å²) in [6, 6.07) is 94.4. The van der Waals surface area contributed by atoms with Crippen LogP contribution in [0, 0.1) is 0 Å². The monoisotopic (exact) mass is 1200 g/mol. The first-order chi connectivity index (χ1) is 45.0. The van der Waals surface area contributed by atoms with E-state index in [1.54, 1.807) is 0 Å². The fourth-order valence-corrected chi connectivity index (χ4v) is 18.2. The minimum atomic E-state index is 0.0153. The second-order valence-corrected chi connectivity index (χ2v) is 27.1. The summed E-state index contributed by atoms with van der Waals surface area (Å²) in [6.45, 7) is 2.35. The summed E-state index contributed by atoms with van der Waals surface area (Å²) in [7, 11) is 0. The van der Waals surface area contributed by atoms with Crippen molar-refractivity contribution in [1.82, 2.24) is 9.13 Å². The maximum absolute atomic E-state index is 7.19. The number of benzene rings is 12. The van der Waals surface area contributed by atoms with Crippen molar-refractivity contribution in [3.8, 4) is 27.9 Å². The molecule has 0 saturated heterocycles. The first-order valence-electron chi connectivity index (χ1n) is 31.6. The Kier molecular flexibility index (Phi) is 11.0. The molecule has 6 heterocycles. The second-order valence-electron chi connectivity index (χ2n) is 25.0. The highest BCUT2D eigenvalue weighted by Gasteiger charge is 2.30. The Bertz CT molecular complexity index is 6150. The van der Waals surface area contributed by atoms with Crippen molar-refractivity contribution < 1.29 is 8.83 Å². The number of rotatable bonds is 7. The Balaban J connectivity index is 0.780. The molecule has 0 saturated carbocycles. The number of hydrogen-bond acceptors (Lipinski definition) is 4. The highest BCUT2D eigenvalue weighted by atomic mass is 32.1. The van der Waals surface area contributed by atoms with Crippen LogP contribution >= 0.6 is 22.7 Å². The van der Waals surface area contributed by atoms with Crippen LogP contribution in [0.2, 0.25) is 0 Å².